The van der Waals surface area contributed by atoms with Gasteiger partial charge in [-0.25, -0.2) is 13.1 Å². The van der Waals surface area contributed by atoms with Crippen LogP contribution >= 0.6 is 15.9 Å². The van der Waals surface area contributed by atoms with Gasteiger partial charge < -0.3 is 0 Å². The zero-order chi connectivity index (χ0) is 14.0. The highest BCUT2D eigenvalue weighted by Crippen LogP contribution is 2.20. The summed E-state index contributed by atoms with van der Waals surface area (Å²) in [5, 5.41) is 4.09. The van der Waals surface area contributed by atoms with Crippen LogP contribution in [0.15, 0.2) is 45.9 Å². The maximum absolute atomic E-state index is 12.3. The molecule has 0 aliphatic heterocycles. The van der Waals surface area contributed by atoms with Crippen molar-refractivity contribution in [1.29, 1.82) is 0 Å². The van der Waals surface area contributed by atoms with Crippen LogP contribution < -0.4 is 4.72 Å². The van der Waals surface area contributed by atoms with E-state index in [1.807, 2.05) is 13.8 Å². The van der Waals surface area contributed by atoms with Crippen molar-refractivity contribution in [1.82, 2.24) is 9.78 Å². The monoisotopic (exact) mass is 343 g/mol. The van der Waals surface area contributed by atoms with E-state index in [0.29, 0.717) is 10.3 Å². The normalized spacial score (nSPS) is 11.8. The molecule has 0 spiro atoms. The van der Waals surface area contributed by atoms with Gasteiger partial charge in [-0.05, 0) is 32.0 Å². The fourth-order valence-corrected chi connectivity index (χ4v) is 3.28. The third kappa shape index (κ3) is 3.16. The van der Waals surface area contributed by atoms with Crippen LogP contribution in [0.3, 0.4) is 0 Å². The number of nitrogens with one attached hydrogen (secondary N) is 1. The van der Waals surface area contributed by atoms with E-state index in [9.17, 15) is 8.42 Å². The molecule has 1 N–H and O–H groups in total. The molecule has 0 bridgehead atoms. The lowest BCUT2D eigenvalue weighted by molar-refractivity contribution is 0.539. The molecule has 1 heterocycles. The Morgan fingerprint density at radius 2 is 2.05 bits per heavy atom. The van der Waals surface area contributed by atoms with E-state index in [4.69, 9.17) is 0 Å². The highest BCUT2D eigenvalue weighted by atomic mass is 79.9. The first-order valence-electron chi connectivity index (χ1n) is 5.72. The number of nitrogens with zero attached hydrogens (tertiary/aromatic N) is 2. The van der Waals surface area contributed by atoms with Gasteiger partial charge in [0.2, 0.25) is 0 Å². The minimum Gasteiger partial charge on any atom is -0.264 e. The maximum Gasteiger partial charge on any atom is 0.263 e. The smallest absolute Gasteiger partial charge is 0.263 e. The Hall–Kier alpha value is -1.34. The van der Waals surface area contributed by atoms with Gasteiger partial charge in [0.1, 0.15) is 5.82 Å². The molecular formula is C12H14BrN3O2S. The molecule has 1 aromatic carbocycles. The molecule has 0 aliphatic carbocycles. The molecular weight excluding hydrogens is 330 g/mol. The van der Waals surface area contributed by atoms with Crippen molar-refractivity contribution in [3.8, 4) is 0 Å². The van der Waals surface area contributed by atoms with E-state index < -0.39 is 10.0 Å². The molecule has 2 rings (SSSR count). The van der Waals surface area contributed by atoms with Gasteiger partial charge in [-0.2, -0.15) is 5.10 Å². The maximum atomic E-state index is 12.3. The SMILES string of the molecule is CC(C)n1nccc1NS(=O)(=O)c1cccc(Br)c1. The van der Waals surface area contributed by atoms with Gasteiger partial charge in [0, 0.05) is 16.6 Å². The number of halogens is 1. The van der Waals surface area contributed by atoms with Crippen molar-refractivity contribution in [3.05, 3.63) is 41.0 Å². The van der Waals surface area contributed by atoms with Crippen LogP contribution in [0.1, 0.15) is 19.9 Å². The first-order valence-corrected chi connectivity index (χ1v) is 7.99. The Balaban J connectivity index is 2.34. The molecule has 0 atom stereocenters. The number of hydrogen-bond donors (Lipinski definition) is 1. The van der Waals surface area contributed by atoms with Gasteiger partial charge in [-0.1, -0.05) is 22.0 Å². The Bertz CT molecular complexity index is 680. The molecule has 7 heteroatoms. The van der Waals surface area contributed by atoms with Crippen LogP contribution in [0.2, 0.25) is 0 Å². The Morgan fingerprint density at radius 3 is 2.68 bits per heavy atom. The quantitative estimate of drug-likeness (QED) is 0.927. The highest BCUT2D eigenvalue weighted by Gasteiger charge is 2.17. The standard InChI is InChI=1S/C12H14BrN3O2S/c1-9(2)16-12(6-7-14-16)15-19(17,18)11-5-3-4-10(13)8-11/h3-9,15H,1-2H3. The summed E-state index contributed by atoms with van der Waals surface area (Å²) in [6.45, 7) is 3.87. The predicted molar refractivity (Wildman–Crippen MR) is 77.6 cm³/mol. The second-order valence-corrected chi connectivity index (χ2v) is 6.92. The van der Waals surface area contributed by atoms with Gasteiger partial charge in [0.15, 0.2) is 0 Å². The first kappa shape index (κ1) is 14.1. The van der Waals surface area contributed by atoms with Crippen molar-refractivity contribution >= 4 is 31.8 Å². The average molecular weight is 344 g/mol. The van der Waals surface area contributed by atoms with Gasteiger partial charge in [-0.15, -0.1) is 0 Å². The molecule has 0 unspecified atom stereocenters. The molecule has 0 radical (unpaired) electrons. The number of anilines is 1. The van der Waals surface area contributed by atoms with Gasteiger partial charge in [0.25, 0.3) is 10.0 Å². The zero-order valence-electron chi connectivity index (χ0n) is 10.5. The van der Waals surface area contributed by atoms with Crippen LogP contribution in [0, 0.1) is 0 Å². The first-order chi connectivity index (χ1) is 8.90. The van der Waals surface area contributed by atoms with Crippen LogP contribution in [0.25, 0.3) is 0 Å². The van der Waals surface area contributed by atoms with Crippen LogP contribution in [-0.4, -0.2) is 18.2 Å². The fraction of sp³-hybridized carbons (Fsp3) is 0.250. The van der Waals surface area contributed by atoms with E-state index in [1.54, 1.807) is 41.2 Å². The summed E-state index contributed by atoms with van der Waals surface area (Å²) in [5.74, 6) is 0.454. The lowest BCUT2D eigenvalue weighted by Gasteiger charge is -2.13. The average Bonchev–Trinajstić information content (AvgIpc) is 2.76. The van der Waals surface area contributed by atoms with Gasteiger partial charge in [0.05, 0.1) is 11.1 Å². The molecule has 19 heavy (non-hydrogen) atoms. The Kier molecular flexibility index (Phi) is 3.96. The van der Waals surface area contributed by atoms with Crippen LogP contribution in [0.5, 0.6) is 0 Å². The Labute approximate surface area is 120 Å². The van der Waals surface area contributed by atoms with Gasteiger partial charge >= 0.3 is 0 Å². The highest BCUT2D eigenvalue weighted by molar-refractivity contribution is 9.10. The summed E-state index contributed by atoms with van der Waals surface area (Å²) in [6, 6.07) is 8.27. The molecule has 0 fully saturated rings. The fourth-order valence-electron chi connectivity index (χ4n) is 1.64. The van der Waals surface area contributed by atoms with Crippen molar-refractivity contribution in [3.63, 3.8) is 0 Å². The van der Waals surface area contributed by atoms with Gasteiger partial charge in [-0.3, -0.25) is 4.72 Å². The van der Waals surface area contributed by atoms with Crippen LogP contribution in [0.4, 0.5) is 5.82 Å². The molecule has 0 saturated carbocycles. The van der Waals surface area contributed by atoms with Crippen molar-refractivity contribution in [2.24, 2.45) is 0 Å². The minimum absolute atomic E-state index is 0.0789. The Morgan fingerprint density at radius 1 is 1.32 bits per heavy atom. The number of rotatable bonds is 4. The molecule has 1 aromatic heterocycles. The van der Waals surface area contributed by atoms with Crippen molar-refractivity contribution < 1.29 is 8.42 Å². The van der Waals surface area contributed by atoms with E-state index in [1.165, 1.54) is 0 Å². The summed E-state index contributed by atoms with van der Waals surface area (Å²) in [5.41, 5.74) is 0. The zero-order valence-corrected chi connectivity index (χ0v) is 12.9. The predicted octanol–water partition coefficient (Wildman–Crippen LogP) is 3.03. The second kappa shape index (κ2) is 5.34. The third-order valence-electron chi connectivity index (χ3n) is 2.50. The van der Waals surface area contributed by atoms with E-state index in [0.717, 1.165) is 0 Å². The van der Waals surface area contributed by atoms with Crippen molar-refractivity contribution in [2.75, 3.05) is 4.72 Å². The van der Waals surface area contributed by atoms with Crippen molar-refractivity contribution in [2.45, 2.75) is 24.8 Å². The number of hydrogen-bond acceptors (Lipinski definition) is 3. The molecule has 0 aliphatic rings. The number of aromatic nitrogens is 2. The molecule has 0 saturated heterocycles. The molecule has 102 valence electrons. The summed E-state index contributed by atoms with van der Waals surface area (Å²) in [7, 11) is -3.60. The summed E-state index contributed by atoms with van der Waals surface area (Å²) < 4.78 is 29.4. The molecule has 2 aromatic rings. The largest absolute Gasteiger partial charge is 0.264 e. The van der Waals surface area contributed by atoms with E-state index in [-0.39, 0.29) is 10.9 Å². The molecule has 0 amide bonds. The number of benzene rings is 1. The number of sulfonamides is 1. The van der Waals surface area contributed by atoms with Crippen LogP contribution in [-0.2, 0) is 10.0 Å². The topological polar surface area (TPSA) is 64.0 Å². The lowest BCUT2D eigenvalue weighted by atomic mass is 10.4. The van der Waals surface area contributed by atoms with E-state index >= 15 is 0 Å². The molecule has 5 nitrogen and oxygen atoms in total. The third-order valence-corrected chi connectivity index (χ3v) is 4.35. The lowest BCUT2D eigenvalue weighted by Crippen LogP contribution is -2.17. The summed E-state index contributed by atoms with van der Waals surface area (Å²) in [4.78, 5) is 0.207. The summed E-state index contributed by atoms with van der Waals surface area (Å²) >= 11 is 3.26. The minimum atomic E-state index is -3.60. The van der Waals surface area contributed by atoms with E-state index in [2.05, 4.69) is 25.8 Å². The second-order valence-electron chi connectivity index (χ2n) is 4.32. The summed E-state index contributed by atoms with van der Waals surface area (Å²) in [6.07, 6.45) is 1.57.